The lowest BCUT2D eigenvalue weighted by Crippen LogP contribution is -2.38. The fourth-order valence-corrected chi connectivity index (χ4v) is 3.50. The van der Waals surface area contributed by atoms with Crippen molar-refractivity contribution < 1.29 is 9.18 Å². The standard InChI is InChI=1S/C22H20FN3O2/c1-15-3-2-9-24-20(15)12-21(27)25-10-8-16-11-22(28)26(14-17(16)13-25)19-6-4-18(23)5-7-19/h2-7,9,11,14H,8,10,12-13H2,1H3. The van der Waals surface area contributed by atoms with E-state index in [9.17, 15) is 14.0 Å². The van der Waals surface area contributed by atoms with E-state index in [0.717, 1.165) is 22.4 Å². The topological polar surface area (TPSA) is 55.2 Å². The highest BCUT2D eigenvalue weighted by molar-refractivity contribution is 5.79. The maximum atomic E-state index is 13.2. The van der Waals surface area contributed by atoms with Gasteiger partial charge in [-0.1, -0.05) is 6.07 Å². The Morgan fingerprint density at radius 1 is 1.18 bits per heavy atom. The minimum absolute atomic E-state index is 0.0204. The SMILES string of the molecule is Cc1cccnc1CC(=O)N1CCc2cc(=O)n(-c3ccc(F)cc3)cc2C1. The third kappa shape index (κ3) is 3.58. The van der Waals surface area contributed by atoms with Crippen LogP contribution < -0.4 is 5.56 Å². The molecule has 0 bridgehead atoms. The van der Waals surface area contributed by atoms with Gasteiger partial charge in [-0.15, -0.1) is 0 Å². The first-order valence-electron chi connectivity index (χ1n) is 9.20. The van der Waals surface area contributed by atoms with Crippen molar-refractivity contribution >= 4 is 5.91 Å². The van der Waals surface area contributed by atoms with Crippen LogP contribution in [0.15, 0.2) is 59.7 Å². The monoisotopic (exact) mass is 377 g/mol. The van der Waals surface area contributed by atoms with Gasteiger partial charge in [0.15, 0.2) is 0 Å². The highest BCUT2D eigenvalue weighted by Crippen LogP contribution is 2.20. The van der Waals surface area contributed by atoms with Crippen molar-refractivity contribution in [3.8, 4) is 5.69 Å². The smallest absolute Gasteiger partial charge is 0.255 e. The van der Waals surface area contributed by atoms with Gasteiger partial charge in [0.25, 0.3) is 5.56 Å². The number of pyridine rings is 2. The van der Waals surface area contributed by atoms with Crippen LogP contribution in [0.1, 0.15) is 22.4 Å². The number of fused-ring (bicyclic) bond motifs is 1. The third-order valence-electron chi connectivity index (χ3n) is 5.14. The fraction of sp³-hybridized carbons (Fsp3) is 0.227. The number of carbonyl (C=O) groups excluding carboxylic acids is 1. The van der Waals surface area contributed by atoms with Crippen molar-refractivity contribution in [3.05, 3.63) is 93.4 Å². The number of aryl methyl sites for hydroxylation is 1. The lowest BCUT2D eigenvalue weighted by atomic mass is 10.0. The molecule has 1 amide bonds. The van der Waals surface area contributed by atoms with E-state index < -0.39 is 0 Å². The number of halogens is 1. The van der Waals surface area contributed by atoms with Crippen molar-refractivity contribution in [3.63, 3.8) is 0 Å². The zero-order chi connectivity index (χ0) is 19.7. The van der Waals surface area contributed by atoms with E-state index in [1.165, 1.54) is 16.7 Å². The Morgan fingerprint density at radius 2 is 1.96 bits per heavy atom. The normalized spacial score (nSPS) is 13.3. The number of benzene rings is 1. The molecule has 0 unspecified atom stereocenters. The predicted molar refractivity (Wildman–Crippen MR) is 104 cm³/mol. The van der Waals surface area contributed by atoms with Gasteiger partial charge in [0.2, 0.25) is 5.91 Å². The quantitative estimate of drug-likeness (QED) is 0.705. The lowest BCUT2D eigenvalue weighted by Gasteiger charge is -2.29. The van der Waals surface area contributed by atoms with Gasteiger partial charge in [0.1, 0.15) is 5.82 Å². The lowest BCUT2D eigenvalue weighted by molar-refractivity contribution is -0.131. The first-order valence-corrected chi connectivity index (χ1v) is 9.20. The van der Waals surface area contributed by atoms with Crippen molar-refractivity contribution in [2.45, 2.75) is 26.3 Å². The molecule has 0 saturated heterocycles. The summed E-state index contributed by atoms with van der Waals surface area (Å²) in [5.74, 6) is -0.330. The maximum Gasteiger partial charge on any atom is 0.255 e. The highest BCUT2D eigenvalue weighted by Gasteiger charge is 2.22. The molecule has 2 aromatic heterocycles. The molecule has 28 heavy (non-hydrogen) atoms. The van der Waals surface area contributed by atoms with Crippen LogP contribution in [0.2, 0.25) is 0 Å². The van der Waals surface area contributed by atoms with Crippen LogP contribution in [-0.2, 0) is 24.2 Å². The largest absolute Gasteiger partial charge is 0.338 e. The molecule has 0 fully saturated rings. The molecule has 1 aliphatic rings. The van der Waals surface area contributed by atoms with Crippen LogP contribution in [0.3, 0.4) is 0 Å². The average molecular weight is 377 g/mol. The molecule has 0 N–H and O–H groups in total. The van der Waals surface area contributed by atoms with Gasteiger partial charge in [-0.25, -0.2) is 4.39 Å². The minimum Gasteiger partial charge on any atom is -0.338 e. The van der Waals surface area contributed by atoms with Gasteiger partial charge < -0.3 is 4.90 Å². The Kier molecular flexibility index (Phi) is 4.77. The molecule has 5 nitrogen and oxygen atoms in total. The maximum absolute atomic E-state index is 13.2. The zero-order valence-corrected chi connectivity index (χ0v) is 15.6. The van der Waals surface area contributed by atoms with Crippen molar-refractivity contribution in [1.82, 2.24) is 14.5 Å². The minimum atomic E-state index is -0.351. The second kappa shape index (κ2) is 7.38. The second-order valence-corrected chi connectivity index (χ2v) is 7.02. The fourth-order valence-electron chi connectivity index (χ4n) is 3.50. The molecule has 1 aliphatic heterocycles. The summed E-state index contributed by atoms with van der Waals surface area (Å²) in [6, 6.07) is 11.2. The summed E-state index contributed by atoms with van der Waals surface area (Å²) in [4.78, 5) is 31.3. The van der Waals surface area contributed by atoms with E-state index in [2.05, 4.69) is 4.98 Å². The third-order valence-corrected chi connectivity index (χ3v) is 5.14. The number of hydrogen-bond donors (Lipinski definition) is 0. The summed E-state index contributed by atoms with van der Waals surface area (Å²) < 4.78 is 14.7. The van der Waals surface area contributed by atoms with E-state index in [1.54, 1.807) is 35.5 Å². The Hall–Kier alpha value is -3.28. The summed E-state index contributed by atoms with van der Waals surface area (Å²) in [7, 11) is 0. The molecule has 0 atom stereocenters. The van der Waals surface area contributed by atoms with E-state index in [-0.39, 0.29) is 23.7 Å². The molecule has 0 radical (unpaired) electrons. The second-order valence-electron chi connectivity index (χ2n) is 7.02. The van der Waals surface area contributed by atoms with Gasteiger partial charge in [0.05, 0.1) is 12.1 Å². The molecule has 0 aliphatic carbocycles. The van der Waals surface area contributed by atoms with E-state index in [0.29, 0.717) is 25.2 Å². The van der Waals surface area contributed by atoms with Gasteiger partial charge in [-0.3, -0.25) is 19.1 Å². The summed E-state index contributed by atoms with van der Waals surface area (Å²) >= 11 is 0. The number of nitrogens with zero attached hydrogens (tertiary/aromatic N) is 3. The van der Waals surface area contributed by atoms with Crippen LogP contribution in [0.4, 0.5) is 4.39 Å². The molecular formula is C22H20FN3O2. The van der Waals surface area contributed by atoms with Crippen molar-refractivity contribution in [2.75, 3.05) is 6.54 Å². The molecular weight excluding hydrogens is 357 g/mol. The van der Waals surface area contributed by atoms with Gasteiger partial charge in [0, 0.05) is 37.2 Å². The summed E-state index contributed by atoms with van der Waals surface area (Å²) in [6.45, 7) is 2.97. The Balaban J connectivity index is 1.58. The number of rotatable bonds is 3. The van der Waals surface area contributed by atoms with E-state index >= 15 is 0 Å². The van der Waals surface area contributed by atoms with Crippen molar-refractivity contribution in [1.29, 1.82) is 0 Å². The van der Waals surface area contributed by atoms with Crippen LogP contribution >= 0.6 is 0 Å². The Morgan fingerprint density at radius 3 is 2.71 bits per heavy atom. The number of aromatic nitrogens is 2. The number of hydrogen-bond acceptors (Lipinski definition) is 3. The van der Waals surface area contributed by atoms with E-state index in [1.807, 2.05) is 19.1 Å². The summed E-state index contributed by atoms with van der Waals surface area (Å²) in [5, 5.41) is 0. The molecule has 0 saturated carbocycles. The molecule has 3 heterocycles. The summed E-state index contributed by atoms with van der Waals surface area (Å²) in [5.41, 5.74) is 4.12. The van der Waals surface area contributed by atoms with Crippen molar-refractivity contribution in [2.24, 2.45) is 0 Å². The Bertz CT molecular complexity index is 1090. The average Bonchev–Trinajstić information content (AvgIpc) is 2.69. The molecule has 1 aromatic carbocycles. The molecule has 6 heteroatoms. The molecule has 3 aromatic rings. The van der Waals surface area contributed by atoms with Crippen LogP contribution in [-0.4, -0.2) is 26.9 Å². The molecule has 4 rings (SSSR count). The molecule has 0 spiro atoms. The van der Waals surface area contributed by atoms with Crippen LogP contribution in [0, 0.1) is 12.7 Å². The number of carbonyl (C=O) groups is 1. The van der Waals surface area contributed by atoms with Gasteiger partial charge in [-0.05, 0) is 60.4 Å². The first kappa shape index (κ1) is 18.1. The first-order chi connectivity index (χ1) is 13.5. The van der Waals surface area contributed by atoms with E-state index in [4.69, 9.17) is 0 Å². The van der Waals surface area contributed by atoms with Gasteiger partial charge >= 0.3 is 0 Å². The van der Waals surface area contributed by atoms with Crippen LogP contribution in [0.25, 0.3) is 5.69 Å². The Labute approximate surface area is 162 Å². The highest BCUT2D eigenvalue weighted by atomic mass is 19.1. The van der Waals surface area contributed by atoms with Gasteiger partial charge in [-0.2, -0.15) is 0 Å². The summed E-state index contributed by atoms with van der Waals surface area (Å²) in [6.07, 6.45) is 4.36. The molecule has 142 valence electrons. The zero-order valence-electron chi connectivity index (χ0n) is 15.6. The predicted octanol–water partition coefficient (Wildman–Crippen LogP) is 2.81. The number of amides is 1. The van der Waals surface area contributed by atoms with Crippen LogP contribution in [0.5, 0.6) is 0 Å².